The molecule has 0 radical (unpaired) electrons. The predicted octanol–water partition coefficient (Wildman–Crippen LogP) is 3.39. The number of ether oxygens (including phenoxy) is 1. The van der Waals surface area contributed by atoms with Crippen molar-refractivity contribution in [1.82, 2.24) is 14.9 Å². The molecule has 0 bridgehead atoms. The Bertz CT molecular complexity index is 662. The number of rotatable bonds is 10. The molecule has 1 aromatic carbocycles. The molecule has 8 heteroatoms. The Balaban J connectivity index is 0.00000338. The van der Waals surface area contributed by atoms with Crippen molar-refractivity contribution in [1.29, 1.82) is 0 Å². The molecule has 152 valence electrons. The molecule has 0 spiro atoms. The summed E-state index contributed by atoms with van der Waals surface area (Å²) in [6.07, 6.45) is 8.13. The molecule has 0 aliphatic rings. The van der Waals surface area contributed by atoms with Crippen LogP contribution >= 0.6 is 24.8 Å². The van der Waals surface area contributed by atoms with Crippen molar-refractivity contribution < 1.29 is 9.53 Å². The summed E-state index contributed by atoms with van der Waals surface area (Å²) in [4.78, 5) is 16.8. The van der Waals surface area contributed by atoms with Gasteiger partial charge in [-0.15, -0.1) is 24.8 Å². The molecule has 1 atom stereocenters. The maximum absolute atomic E-state index is 12.4. The van der Waals surface area contributed by atoms with Gasteiger partial charge in [-0.1, -0.05) is 25.0 Å². The summed E-state index contributed by atoms with van der Waals surface area (Å²) < 4.78 is 7.14. The number of imidazole rings is 1. The van der Waals surface area contributed by atoms with Crippen LogP contribution in [0.15, 0.2) is 36.7 Å². The number of unbranched alkanes of at least 4 members (excludes halogenated alkanes) is 3. The van der Waals surface area contributed by atoms with Crippen molar-refractivity contribution in [2.24, 2.45) is 12.8 Å². The van der Waals surface area contributed by atoms with Crippen LogP contribution in [0.1, 0.15) is 49.5 Å². The monoisotopic (exact) mass is 416 g/mol. The van der Waals surface area contributed by atoms with Crippen LogP contribution in [0.4, 0.5) is 0 Å². The smallest absolute Gasteiger partial charge is 0.220 e. The van der Waals surface area contributed by atoms with E-state index in [4.69, 9.17) is 10.5 Å². The van der Waals surface area contributed by atoms with E-state index in [-0.39, 0.29) is 36.8 Å². The lowest BCUT2D eigenvalue weighted by Crippen LogP contribution is -2.30. The zero-order valence-electron chi connectivity index (χ0n) is 15.9. The summed E-state index contributed by atoms with van der Waals surface area (Å²) in [7, 11) is 3.56. The topological polar surface area (TPSA) is 82.2 Å². The molecule has 6 nitrogen and oxygen atoms in total. The molecule has 0 saturated carbocycles. The van der Waals surface area contributed by atoms with E-state index in [1.54, 1.807) is 13.3 Å². The molecule has 1 unspecified atom stereocenters. The van der Waals surface area contributed by atoms with Gasteiger partial charge in [-0.25, -0.2) is 4.98 Å². The number of nitrogens with zero attached hydrogens (tertiary/aromatic N) is 2. The highest BCUT2D eigenvalue weighted by atomic mass is 35.5. The SMILES string of the molecule is COc1ccc(C(NC(=O)CCCCCCN)c2nccn2C)cc1.Cl.Cl. The number of methoxy groups -OCH3 is 1. The largest absolute Gasteiger partial charge is 0.497 e. The van der Waals surface area contributed by atoms with Crippen molar-refractivity contribution in [3.05, 3.63) is 48.0 Å². The summed E-state index contributed by atoms with van der Waals surface area (Å²) in [5, 5.41) is 3.12. The van der Waals surface area contributed by atoms with Crippen molar-refractivity contribution in [2.75, 3.05) is 13.7 Å². The number of halogens is 2. The van der Waals surface area contributed by atoms with Crippen molar-refractivity contribution in [3.8, 4) is 5.75 Å². The Kier molecular flexibility index (Phi) is 12.5. The van der Waals surface area contributed by atoms with E-state index in [2.05, 4.69) is 10.3 Å². The Morgan fingerprint density at radius 3 is 2.41 bits per heavy atom. The highest BCUT2D eigenvalue weighted by Gasteiger charge is 2.20. The molecule has 27 heavy (non-hydrogen) atoms. The van der Waals surface area contributed by atoms with E-state index in [0.717, 1.165) is 42.8 Å². The van der Waals surface area contributed by atoms with Crippen LogP contribution in [-0.2, 0) is 11.8 Å². The zero-order valence-corrected chi connectivity index (χ0v) is 17.5. The van der Waals surface area contributed by atoms with Crippen LogP contribution in [0.5, 0.6) is 5.75 Å². The maximum Gasteiger partial charge on any atom is 0.220 e. The molecule has 0 aliphatic carbocycles. The predicted molar refractivity (Wildman–Crippen MR) is 113 cm³/mol. The van der Waals surface area contributed by atoms with Gasteiger partial charge in [0.2, 0.25) is 5.91 Å². The van der Waals surface area contributed by atoms with Gasteiger partial charge in [0.1, 0.15) is 17.6 Å². The first-order chi connectivity index (χ1) is 12.2. The molecule has 1 amide bonds. The van der Waals surface area contributed by atoms with Gasteiger partial charge in [0.05, 0.1) is 7.11 Å². The number of carbonyl (C=O) groups is 1. The van der Waals surface area contributed by atoms with Crippen LogP contribution in [0, 0.1) is 0 Å². The second-order valence-corrected chi connectivity index (χ2v) is 6.12. The molecular formula is C19H30Cl2N4O2. The Morgan fingerprint density at radius 2 is 1.85 bits per heavy atom. The average Bonchev–Trinajstić information content (AvgIpc) is 3.05. The van der Waals surface area contributed by atoms with Crippen LogP contribution in [0.3, 0.4) is 0 Å². The lowest BCUT2D eigenvalue weighted by Gasteiger charge is -2.19. The normalized spacial score (nSPS) is 11.1. The Labute approximate surface area is 173 Å². The highest BCUT2D eigenvalue weighted by Crippen LogP contribution is 2.23. The van der Waals surface area contributed by atoms with Gasteiger partial charge in [0.15, 0.2) is 0 Å². The maximum atomic E-state index is 12.4. The summed E-state index contributed by atoms with van der Waals surface area (Å²) in [6, 6.07) is 7.43. The molecule has 2 rings (SSSR count). The number of nitrogens with one attached hydrogen (secondary N) is 1. The van der Waals surface area contributed by atoms with E-state index in [9.17, 15) is 4.79 Å². The lowest BCUT2D eigenvalue weighted by molar-refractivity contribution is -0.121. The van der Waals surface area contributed by atoms with Crippen LogP contribution in [-0.4, -0.2) is 29.1 Å². The van der Waals surface area contributed by atoms with Gasteiger partial charge in [0.25, 0.3) is 0 Å². The first kappa shape index (κ1) is 25.2. The molecule has 1 aromatic heterocycles. The van der Waals surface area contributed by atoms with Gasteiger partial charge in [-0.3, -0.25) is 4.79 Å². The van der Waals surface area contributed by atoms with Crippen LogP contribution < -0.4 is 15.8 Å². The molecule has 1 heterocycles. The molecular weight excluding hydrogens is 387 g/mol. The third-order valence-electron chi connectivity index (χ3n) is 4.23. The minimum atomic E-state index is -0.276. The van der Waals surface area contributed by atoms with Gasteiger partial charge in [-0.05, 0) is 37.1 Å². The number of amides is 1. The minimum absolute atomic E-state index is 0. The fourth-order valence-electron chi connectivity index (χ4n) is 2.77. The third kappa shape index (κ3) is 7.79. The second-order valence-electron chi connectivity index (χ2n) is 6.12. The number of nitrogens with two attached hydrogens (primary N) is 1. The standard InChI is InChI=1S/C19H28N4O2.2ClH/c1-23-14-13-21-19(23)18(15-8-10-16(25-2)11-9-15)22-17(24)7-5-3-4-6-12-20;;/h8-11,13-14,18H,3-7,12,20H2,1-2H3,(H,22,24);2*1H. The number of benzene rings is 1. The Morgan fingerprint density at radius 1 is 1.19 bits per heavy atom. The van der Waals surface area contributed by atoms with E-state index < -0.39 is 0 Å². The van der Waals surface area contributed by atoms with E-state index in [1.165, 1.54) is 0 Å². The molecule has 0 fully saturated rings. The highest BCUT2D eigenvalue weighted by molar-refractivity contribution is 5.85. The van der Waals surface area contributed by atoms with Crippen LogP contribution in [0.2, 0.25) is 0 Å². The first-order valence-corrected chi connectivity index (χ1v) is 8.76. The second kappa shape index (κ2) is 13.4. The molecule has 2 aromatic rings. The Hall–Kier alpha value is -1.76. The fourth-order valence-corrected chi connectivity index (χ4v) is 2.77. The van der Waals surface area contributed by atoms with Gasteiger partial charge >= 0.3 is 0 Å². The van der Waals surface area contributed by atoms with Crippen LogP contribution in [0.25, 0.3) is 0 Å². The van der Waals surface area contributed by atoms with Crippen molar-refractivity contribution in [2.45, 2.75) is 38.1 Å². The fraction of sp³-hybridized carbons (Fsp3) is 0.474. The number of carbonyl (C=O) groups excluding carboxylic acids is 1. The molecule has 0 saturated heterocycles. The van der Waals surface area contributed by atoms with E-state index in [1.807, 2.05) is 42.1 Å². The molecule has 0 aliphatic heterocycles. The first-order valence-electron chi connectivity index (χ1n) is 8.76. The average molecular weight is 417 g/mol. The van der Waals surface area contributed by atoms with Gasteiger partial charge in [-0.2, -0.15) is 0 Å². The summed E-state index contributed by atoms with van der Waals surface area (Å²) in [5.74, 6) is 1.63. The lowest BCUT2D eigenvalue weighted by atomic mass is 10.0. The summed E-state index contributed by atoms with van der Waals surface area (Å²) in [6.45, 7) is 0.713. The quantitative estimate of drug-likeness (QED) is 0.581. The third-order valence-corrected chi connectivity index (χ3v) is 4.23. The molecule has 3 N–H and O–H groups in total. The number of hydrogen-bond acceptors (Lipinski definition) is 4. The zero-order chi connectivity index (χ0) is 18.1. The van der Waals surface area contributed by atoms with Gasteiger partial charge < -0.3 is 20.4 Å². The van der Waals surface area contributed by atoms with Crippen molar-refractivity contribution >= 4 is 30.7 Å². The number of hydrogen-bond donors (Lipinski definition) is 2. The summed E-state index contributed by atoms with van der Waals surface area (Å²) in [5.41, 5.74) is 6.47. The number of aromatic nitrogens is 2. The van der Waals surface area contributed by atoms with E-state index >= 15 is 0 Å². The number of aryl methyl sites for hydroxylation is 1. The van der Waals surface area contributed by atoms with Gasteiger partial charge in [0, 0.05) is 25.9 Å². The summed E-state index contributed by atoms with van der Waals surface area (Å²) >= 11 is 0. The minimum Gasteiger partial charge on any atom is -0.497 e. The van der Waals surface area contributed by atoms with E-state index in [0.29, 0.717) is 13.0 Å². The van der Waals surface area contributed by atoms with Crippen molar-refractivity contribution in [3.63, 3.8) is 0 Å².